The van der Waals surface area contributed by atoms with E-state index in [1.54, 1.807) is 6.92 Å². The topological polar surface area (TPSA) is 69.7 Å². The monoisotopic (exact) mass is 484 g/mol. The Morgan fingerprint density at radius 2 is 1.38 bits per heavy atom. The zero-order valence-electron chi connectivity index (χ0n) is 18.7. The van der Waals surface area contributed by atoms with Crippen LogP contribution in [0.25, 0.3) is 6.08 Å². The van der Waals surface area contributed by atoms with Crippen molar-refractivity contribution in [2.45, 2.75) is 39.2 Å². The Labute approximate surface area is 192 Å². The first kappa shape index (κ1) is 26.7. The van der Waals surface area contributed by atoms with Gasteiger partial charge < -0.3 is 9.47 Å². The summed E-state index contributed by atoms with van der Waals surface area (Å²) >= 11 is 0. The first-order valence-electron chi connectivity index (χ1n) is 10.0. The van der Waals surface area contributed by atoms with Crippen molar-refractivity contribution < 1.29 is 45.8 Å². The molecule has 0 saturated carbocycles. The van der Waals surface area contributed by atoms with Gasteiger partial charge in [-0.15, -0.1) is 0 Å². The molecule has 0 N–H and O–H groups in total. The van der Waals surface area contributed by atoms with E-state index in [4.69, 9.17) is 9.47 Å². The third-order valence-corrected chi connectivity index (χ3v) is 4.33. The lowest BCUT2D eigenvalue weighted by atomic mass is 9.89. The molecule has 2 aromatic carbocycles. The molecular formula is C24H21F5O5. The number of halogens is 5. The molecular weight excluding hydrogens is 463 g/mol. The van der Waals surface area contributed by atoms with Gasteiger partial charge in [0.15, 0.2) is 35.0 Å². The molecule has 182 valence electrons. The second kappa shape index (κ2) is 10.6. The van der Waals surface area contributed by atoms with Crippen molar-refractivity contribution >= 4 is 23.8 Å². The third-order valence-electron chi connectivity index (χ3n) is 4.33. The number of rotatable bonds is 7. The molecule has 0 aliphatic heterocycles. The summed E-state index contributed by atoms with van der Waals surface area (Å²) in [5.74, 6) is -17.5. The first-order valence-corrected chi connectivity index (χ1v) is 10.0. The molecule has 0 aliphatic carbocycles. The molecule has 0 bridgehead atoms. The zero-order chi connectivity index (χ0) is 25.8. The number of carbonyl (C=O) groups excluding carboxylic acids is 3. The molecule has 1 unspecified atom stereocenters. The summed E-state index contributed by atoms with van der Waals surface area (Å²) in [6.45, 7) is 5.99. The van der Waals surface area contributed by atoms with Crippen LogP contribution < -0.4 is 0 Å². The van der Waals surface area contributed by atoms with Gasteiger partial charge in [-0.2, -0.15) is 0 Å². The van der Waals surface area contributed by atoms with Crippen molar-refractivity contribution in [2.75, 3.05) is 6.61 Å². The van der Waals surface area contributed by atoms with Crippen LogP contribution in [0.5, 0.6) is 0 Å². The maximum absolute atomic E-state index is 14.5. The largest absolute Gasteiger partial charge is 0.463 e. The zero-order valence-corrected chi connectivity index (χ0v) is 18.7. The fourth-order valence-corrected chi connectivity index (χ4v) is 2.87. The molecule has 0 heterocycles. The number of ether oxygens (including phenoxy) is 2. The molecule has 0 fully saturated rings. The second-order valence-corrected chi connectivity index (χ2v) is 8.02. The van der Waals surface area contributed by atoms with E-state index in [9.17, 15) is 36.3 Å². The second-order valence-electron chi connectivity index (χ2n) is 8.02. The standard InChI is InChI=1S/C24H21F5O5/c1-5-33-14(30)11-8-12-6-9-13(10-7-12)22(31)16(23(32)34-24(2,3)4)15-17(25)19(27)21(29)20(28)18(15)26/h6-11,16H,5H2,1-4H3. The van der Waals surface area contributed by atoms with E-state index >= 15 is 0 Å². The number of benzene rings is 2. The Balaban J connectivity index is 2.55. The van der Waals surface area contributed by atoms with Gasteiger partial charge in [0.05, 0.1) is 12.2 Å². The minimum atomic E-state index is -2.47. The predicted octanol–water partition coefficient (Wildman–Crippen LogP) is 5.27. The minimum Gasteiger partial charge on any atom is -0.463 e. The van der Waals surface area contributed by atoms with Crippen molar-refractivity contribution in [1.29, 1.82) is 0 Å². The van der Waals surface area contributed by atoms with Gasteiger partial charge in [0.25, 0.3) is 0 Å². The van der Waals surface area contributed by atoms with Gasteiger partial charge in [0.1, 0.15) is 5.60 Å². The number of esters is 2. The van der Waals surface area contributed by atoms with E-state index in [2.05, 4.69) is 0 Å². The third kappa shape index (κ3) is 6.06. The Bertz CT molecular complexity index is 1100. The van der Waals surface area contributed by atoms with Crippen LogP contribution in [0.1, 0.15) is 55.1 Å². The van der Waals surface area contributed by atoms with Crippen molar-refractivity contribution in [1.82, 2.24) is 0 Å². The number of carbonyl (C=O) groups is 3. The lowest BCUT2D eigenvalue weighted by molar-refractivity contribution is -0.155. The van der Waals surface area contributed by atoms with Crippen LogP contribution in [-0.2, 0) is 19.1 Å². The first-order chi connectivity index (χ1) is 15.8. The SMILES string of the molecule is CCOC(=O)C=Cc1ccc(C(=O)C(C(=O)OC(C)(C)C)c2c(F)c(F)c(F)c(F)c2F)cc1. The average molecular weight is 484 g/mol. The summed E-state index contributed by atoms with van der Waals surface area (Å²) in [4.78, 5) is 37.2. The maximum atomic E-state index is 14.5. The Morgan fingerprint density at radius 1 is 0.882 bits per heavy atom. The van der Waals surface area contributed by atoms with Crippen molar-refractivity contribution in [3.63, 3.8) is 0 Å². The molecule has 1 atom stereocenters. The van der Waals surface area contributed by atoms with Crippen LogP contribution in [0, 0.1) is 29.1 Å². The van der Waals surface area contributed by atoms with Gasteiger partial charge in [-0.3, -0.25) is 9.59 Å². The van der Waals surface area contributed by atoms with Gasteiger partial charge in [-0.05, 0) is 39.3 Å². The van der Waals surface area contributed by atoms with Crippen molar-refractivity contribution in [3.05, 3.63) is 76.1 Å². The summed E-state index contributed by atoms with van der Waals surface area (Å²) in [7, 11) is 0. The highest BCUT2D eigenvalue weighted by Crippen LogP contribution is 2.33. The lowest BCUT2D eigenvalue weighted by Gasteiger charge is -2.24. The van der Waals surface area contributed by atoms with E-state index in [1.807, 2.05) is 0 Å². The molecule has 2 aromatic rings. The van der Waals surface area contributed by atoms with Crippen LogP contribution in [0.3, 0.4) is 0 Å². The fraction of sp³-hybridized carbons (Fsp3) is 0.292. The number of ketones is 1. The van der Waals surface area contributed by atoms with E-state index < -0.39 is 63.9 Å². The Morgan fingerprint density at radius 3 is 1.85 bits per heavy atom. The highest BCUT2D eigenvalue weighted by atomic mass is 19.2. The lowest BCUT2D eigenvalue weighted by Crippen LogP contribution is -2.33. The predicted molar refractivity (Wildman–Crippen MR) is 111 cm³/mol. The summed E-state index contributed by atoms with van der Waals surface area (Å²) in [5, 5.41) is 0. The molecule has 5 nitrogen and oxygen atoms in total. The smallest absolute Gasteiger partial charge is 0.330 e. The molecule has 10 heteroatoms. The number of Topliss-reactive ketones (excluding diaryl/α,β-unsaturated/α-hetero) is 1. The molecule has 0 aromatic heterocycles. The van der Waals surface area contributed by atoms with E-state index in [1.165, 1.54) is 39.0 Å². The normalized spacial score (nSPS) is 12.5. The summed E-state index contributed by atoms with van der Waals surface area (Å²) in [6.07, 6.45) is 2.49. The summed E-state index contributed by atoms with van der Waals surface area (Å²) in [5.41, 5.74) is -2.69. The average Bonchev–Trinajstić information content (AvgIpc) is 2.76. The van der Waals surface area contributed by atoms with Gasteiger partial charge in [-0.1, -0.05) is 24.3 Å². The van der Waals surface area contributed by atoms with Crippen molar-refractivity contribution in [2.24, 2.45) is 0 Å². The van der Waals surface area contributed by atoms with Crippen LogP contribution in [0.4, 0.5) is 22.0 Å². The van der Waals surface area contributed by atoms with Gasteiger partial charge >= 0.3 is 11.9 Å². The molecule has 2 rings (SSSR count). The minimum absolute atomic E-state index is 0.167. The van der Waals surface area contributed by atoms with Gasteiger partial charge in [0, 0.05) is 11.6 Å². The summed E-state index contributed by atoms with van der Waals surface area (Å²) < 4.78 is 79.9. The van der Waals surface area contributed by atoms with Crippen LogP contribution >= 0.6 is 0 Å². The van der Waals surface area contributed by atoms with Crippen LogP contribution in [0.2, 0.25) is 0 Å². The summed E-state index contributed by atoms with van der Waals surface area (Å²) in [6, 6.07) is 5.01. The quantitative estimate of drug-likeness (QED) is 0.102. The molecule has 0 aliphatic rings. The van der Waals surface area contributed by atoms with Gasteiger partial charge in [0.2, 0.25) is 5.82 Å². The highest BCUT2D eigenvalue weighted by Gasteiger charge is 2.41. The van der Waals surface area contributed by atoms with Crippen LogP contribution in [0.15, 0.2) is 30.3 Å². The molecule has 34 heavy (non-hydrogen) atoms. The number of hydrogen-bond acceptors (Lipinski definition) is 5. The Hall–Kier alpha value is -3.56. The van der Waals surface area contributed by atoms with E-state index in [-0.39, 0.29) is 12.2 Å². The van der Waals surface area contributed by atoms with E-state index in [0.717, 1.165) is 18.2 Å². The molecule has 0 radical (unpaired) electrons. The highest BCUT2D eigenvalue weighted by molar-refractivity contribution is 6.13. The van der Waals surface area contributed by atoms with E-state index in [0.29, 0.717) is 5.56 Å². The number of hydrogen-bond donors (Lipinski definition) is 0. The Kier molecular flexibility index (Phi) is 8.31. The maximum Gasteiger partial charge on any atom is 0.330 e. The fourth-order valence-electron chi connectivity index (χ4n) is 2.87. The molecule has 0 saturated heterocycles. The molecule has 0 spiro atoms. The van der Waals surface area contributed by atoms with Gasteiger partial charge in [-0.25, -0.2) is 26.7 Å². The molecule has 0 amide bonds. The van der Waals surface area contributed by atoms with Crippen LogP contribution in [-0.4, -0.2) is 29.9 Å². The van der Waals surface area contributed by atoms with Crippen molar-refractivity contribution in [3.8, 4) is 0 Å².